The molecular formula is C28H38N2O2. The summed E-state index contributed by atoms with van der Waals surface area (Å²) in [6.07, 6.45) is 7.83. The van der Waals surface area contributed by atoms with Crippen molar-refractivity contribution in [1.29, 1.82) is 0 Å². The van der Waals surface area contributed by atoms with Crippen LogP contribution in [0.25, 0.3) is 0 Å². The summed E-state index contributed by atoms with van der Waals surface area (Å²) in [4.78, 5) is 9.70. The Balaban J connectivity index is 1.82. The van der Waals surface area contributed by atoms with Crippen LogP contribution in [-0.2, 0) is 10.8 Å². The molecule has 0 heterocycles. The highest BCUT2D eigenvalue weighted by Crippen LogP contribution is 2.34. The van der Waals surface area contributed by atoms with Gasteiger partial charge in [-0.25, -0.2) is 0 Å². The van der Waals surface area contributed by atoms with Crippen LogP contribution in [0.3, 0.4) is 0 Å². The van der Waals surface area contributed by atoms with Gasteiger partial charge >= 0.3 is 0 Å². The molecule has 172 valence electrons. The maximum atomic E-state index is 10.7. The van der Waals surface area contributed by atoms with Crippen molar-refractivity contribution in [3.63, 3.8) is 0 Å². The van der Waals surface area contributed by atoms with Gasteiger partial charge in [0.15, 0.2) is 0 Å². The minimum absolute atomic E-state index is 0.0747. The third kappa shape index (κ3) is 5.59. The molecule has 0 saturated heterocycles. The fraction of sp³-hybridized carbons (Fsp3) is 0.500. The largest absolute Gasteiger partial charge is 0.507 e. The molecule has 1 aliphatic carbocycles. The molecule has 0 bridgehead atoms. The molecule has 2 atom stereocenters. The Hall–Kier alpha value is -2.62. The summed E-state index contributed by atoms with van der Waals surface area (Å²) in [5.74, 6) is 0.618. The van der Waals surface area contributed by atoms with Crippen LogP contribution in [0.1, 0.15) is 89.5 Å². The monoisotopic (exact) mass is 434 g/mol. The van der Waals surface area contributed by atoms with Crippen molar-refractivity contribution in [1.82, 2.24) is 0 Å². The van der Waals surface area contributed by atoms with Crippen LogP contribution in [0, 0.1) is 0 Å². The zero-order valence-corrected chi connectivity index (χ0v) is 20.4. The molecule has 0 aromatic heterocycles. The quantitative estimate of drug-likeness (QED) is 0.536. The molecule has 2 aromatic rings. The van der Waals surface area contributed by atoms with Gasteiger partial charge in [-0.2, -0.15) is 0 Å². The summed E-state index contributed by atoms with van der Waals surface area (Å²) in [5, 5.41) is 21.5. The predicted molar refractivity (Wildman–Crippen MR) is 135 cm³/mol. The number of phenolic OH excluding ortho intramolecular Hbond substituents is 2. The van der Waals surface area contributed by atoms with E-state index in [0.717, 1.165) is 47.9 Å². The van der Waals surface area contributed by atoms with Gasteiger partial charge in [0.25, 0.3) is 0 Å². The Morgan fingerprint density at radius 1 is 0.688 bits per heavy atom. The maximum absolute atomic E-state index is 10.7. The fourth-order valence-corrected chi connectivity index (χ4v) is 4.33. The van der Waals surface area contributed by atoms with E-state index in [1.54, 1.807) is 12.4 Å². The SMILES string of the molecule is CC(C)(C)c1cccc(C=N[C@H]2CCCC[C@@H]2N=Cc2cccc(C(C)(C)C)c2O)c1O. The predicted octanol–water partition coefficient (Wildman–Crippen LogP) is 6.54. The molecule has 0 radical (unpaired) electrons. The molecule has 0 amide bonds. The summed E-state index contributed by atoms with van der Waals surface area (Å²) in [6, 6.07) is 11.9. The lowest BCUT2D eigenvalue weighted by Crippen LogP contribution is -2.27. The van der Waals surface area contributed by atoms with E-state index >= 15 is 0 Å². The number of phenols is 2. The third-order valence-electron chi connectivity index (χ3n) is 6.25. The highest BCUT2D eigenvalue weighted by Gasteiger charge is 2.25. The van der Waals surface area contributed by atoms with Gasteiger partial charge in [0.1, 0.15) is 11.5 Å². The Morgan fingerprint density at radius 2 is 1.06 bits per heavy atom. The number of rotatable bonds is 4. The number of nitrogens with zero attached hydrogens (tertiary/aromatic N) is 2. The van der Waals surface area contributed by atoms with Crippen molar-refractivity contribution in [3.05, 3.63) is 58.7 Å². The first-order chi connectivity index (χ1) is 15.0. The van der Waals surface area contributed by atoms with Gasteiger partial charge in [-0.1, -0.05) is 78.6 Å². The number of para-hydroxylation sites is 2. The van der Waals surface area contributed by atoms with Crippen molar-refractivity contribution in [2.75, 3.05) is 0 Å². The van der Waals surface area contributed by atoms with Gasteiger partial charge in [-0.3, -0.25) is 9.98 Å². The van der Waals surface area contributed by atoms with E-state index < -0.39 is 0 Å². The van der Waals surface area contributed by atoms with Gasteiger partial charge < -0.3 is 10.2 Å². The average molecular weight is 435 g/mol. The first-order valence-corrected chi connectivity index (χ1v) is 11.7. The normalized spacial score (nSPS) is 20.3. The summed E-state index contributed by atoms with van der Waals surface area (Å²) in [7, 11) is 0. The van der Waals surface area contributed by atoms with Gasteiger partial charge in [0.05, 0.1) is 12.1 Å². The molecule has 0 unspecified atom stereocenters. The average Bonchev–Trinajstić information content (AvgIpc) is 2.71. The van der Waals surface area contributed by atoms with Gasteiger partial charge in [0.2, 0.25) is 0 Å². The smallest absolute Gasteiger partial charge is 0.128 e. The fourth-order valence-electron chi connectivity index (χ4n) is 4.33. The van der Waals surface area contributed by atoms with Gasteiger partial charge in [-0.05, 0) is 46.9 Å². The van der Waals surface area contributed by atoms with Crippen molar-refractivity contribution in [3.8, 4) is 11.5 Å². The Bertz CT molecular complexity index is 912. The van der Waals surface area contributed by atoms with E-state index in [9.17, 15) is 10.2 Å². The number of aromatic hydroxyl groups is 2. The molecule has 4 heteroatoms. The van der Waals surface area contributed by atoms with E-state index in [1.807, 2.05) is 36.4 Å². The van der Waals surface area contributed by atoms with Crippen LogP contribution < -0.4 is 0 Å². The zero-order chi connectivity index (χ0) is 23.5. The Kier molecular flexibility index (Phi) is 7.12. The molecule has 3 rings (SSSR count). The second-order valence-electron chi connectivity index (χ2n) is 11.0. The number of benzene rings is 2. The van der Waals surface area contributed by atoms with E-state index in [0.29, 0.717) is 11.5 Å². The summed E-state index contributed by atoms with van der Waals surface area (Å²) >= 11 is 0. The van der Waals surface area contributed by atoms with Crippen LogP contribution in [-0.4, -0.2) is 34.7 Å². The molecule has 0 aliphatic heterocycles. The second kappa shape index (κ2) is 9.48. The van der Waals surface area contributed by atoms with Crippen molar-refractivity contribution < 1.29 is 10.2 Å². The Labute approximate surface area is 193 Å². The van der Waals surface area contributed by atoms with E-state index in [1.165, 1.54) is 0 Å². The summed E-state index contributed by atoms with van der Waals surface area (Å²) < 4.78 is 0. The highest BCUT2D eigenvalue weighted by molar-refractivity contribution is 5.85. The third-order valence-corrected chi connectivity index (χ3v) is 6.25. The molecule has 1 saturated carbocycles. The molecule has 2 N–H and O–H groups in total. The Morgan fingerprint density at radius 3 is 1.41 bits per heavy atom. The summed E-state index contributed by atoms with van der Waals surface area (Å²) in [5.41, 5.74) is 3.09. The summed E-state index contributed by atoms with van der Waals surface area (Å²) in [6.45, 7) is 12.6. The maximum Gasteiger partial charge on any atom is 0.128 e. The van der Waals surface area contributed by atoms with Crippen LogP contribution in [0.4, 0.5) is 0 Å². The number of hydrogen-bond acceptors (Lipinski definition) is 4. The van der Waals surface area contributed by atoms with Gasteiger partial charge in [-0.15, -0.1) is 0 Å². The first-order valence-electron chi connectivity index (χ1n) is 11.7. The standard InChI is InChI=1S/C28H38N2O2/c1-27(2,3)21-13-9-11-19(25(21)31)17-29-23-15-7-8-16-24(23)30-18-20-12-10-14-22(26(20)32)28(4,5)6/h9-14,17-18,23-24,31-32H,7-8,15-16H2,1-6H3/t23-,24-/m0/s1. The molecule has 32 heavy (non-hydrogen) atoms. The molecule has 4 nitrogen and oxygen atoms in total. The lowest BCUT2D eigenvalue weighted by Gasteiger charge is -2.26. The minimum atomic E-state index is -0.130. The van der Waals surface area contributed by atoms with Crippen LogP contribution in [0.5, 0.6) is 11.5 Å². The van der Waals surface area contributed by atoms with E-state index in [4.69, 9.17) is 9.98 Å². The van der Waals surface area contributed by atoms with Crippen molar-refractivity contribution in [2.24, 2.45) is 9.98 Å². The molecule has 1 fully saturated rings. The van der Waals surface area contributed by atoms with Gasteiger partial charge in [0, 0.05) is 23.6 Å². The number of hydrogen-bond donors (Lipinski definition) is 2. The minimum Gasteiger partial charge on any atom is -0.507 e. The zero-order valence-electron chi connectivity index (χ0n) is 20.4. The van der Waals surface area contributed by atoms with Crippen LogP contribution in [0.2, 0.25) is 0 Å². The molecular weight excluding hydrogens is 396 g/mol. The lowest BCUT2D eigenvalue weighted by atomic mass is 9.85. The van der Waals surface area contributed by atoms with E-state index in [-0.39, 0.29) is 22.9 Å². The van der Waals surface area contributed by atoms with E-state index in [2.05, 4.69) is 41.5 Å². The van der Waals surface area contributed by atoms with Crippen molar-refractivity contribution in [2.45, 2.75) is 90.1 Å². The van der Waals surface area contributed by atoms with Crippen LogP contribution >= 0.6 is 0 Å². The number of aliphatic imine (C=N–C) groups is 2. The van der Waals surface area contributed by atoms with Crippen LogP contribution in [0.15, 0.2) is 46.4 Å². The lowest BCUT2D eigenvalue weighted by molar-refractivity contribution is 0.390. The second-order valence-corrected chi connectivity index (χ2v) is 11.0. The molecule has 2 aromatic carbocycles. The topological polar surface area (TPSA) is 65.2 Å². The molecule has 1 aliphatic rings. The molecule has 0 spiro atoms. The van der Waals surface area contributed by atoms with Crippen molar-refractivity contribution >= 4 is 12.4 Å². The highest BCUT2D eigenvalue weighted by atomic mass is 16.3. The first kappa shape index (κ1) is 24.0.